The molecular formula is C12H12FNO3. The van der Waals surface area contributed by atoms with Crippen LogP contribution in [-0.2, 0) is 16.6 Å². The second kappa shape index (κ2) is 4.18. The van der Waals surface area contributed by atoms with Gasteiger partial charge >= 0.3 is 5.97 Å². The van der Waals surface area contributed by atoms with E-state index < -0.39 is 17.9 Å². The number of fused-ring (bicyclic) bond motifs is 1. The van der Waals surface area contributed by atoms with Crippen molar-refractivity contribution in [2.45, 2.75) is 6.10 Å². The number of aromatic nitrogens is 1. The minimum absolute atomic E-state index is 0.303. The van der Waals surface area contributed by atoms with Crippen molar-refractivity contribution in [3.63, 3.8) is 0 Å². The molecule has 1 heterocycles. The van der Waals surface area contributed by atoms with Crippen molar-refractivity contribution in [1.82, 2.24) is 4.57 Å². The van der Waals surface area contributed by atoms with Gasteiger partial charge in [-0.05, 0) is 12.1 Å². The maximum absolute atomic E-state index is 13.6. The highest BCUT2D eigenvalue weighted by Gasteiger charge is 2.23. The first-order valence-electron chi connectivity index (χ1n) is 5.06. The molecule has 0 bridgehead atoms. The summed E-state index contributed by atoms with van der Waals surface area (Å²) in [5, 5.41) is 10.4. The van der Waals surface area contributed by atoms with E-state index in [9.17, 15) is 14.3 Å². The molecule has 2 rings (SSSR count). The summed E-state index contributed by atoms with van der Waals surface area (Å²) in [5.74, 6) is -1.16. The molecule has 1 aromatic carbocycles. The van der Waals surface area contributed by atoms with E-state index in [1.807, 2.05) is 0 Å². The summed E-state index contributed by atoms with van der Waals surface area (Å²) in [6, 6.07) is 6.19. The minimum Gasteiger partial charge on any atom is -0.467 e. The van der Waals surface area contributed by atoms with E-state index in [-0.39, 0.29) is 0 Å². The van der Waals surface area contributed by atoms with Crippen LogP contribution in [0.25, 0.3) is 10.9 Å². The first-order chi connectivity index (χ1) is 8.06. The maximum Gasteiger partial charge on any atom is 0.340 e. The van der Waals surface area contributed by atoms with Crippen molar-refractivity contribution < 1.29 is 19.0 Å². The topological polar surface area (TPSA) is 51.5 Å². The number of benzene rings is 1. The van der Waals surface area contributed by atoms with Gasteiger partial charge in [-0.1, -0.05) is 12.1 Å². The Morgan fingerprint density at radius 2 is 2.24 bits per heavy atom. The van der Waals surface area contributed by atoms with Gasteiger partial charge in [-0.2, -0.15) is 0 Å². The lowest BCUT2D eigenvalue weighted by atomic mass is 10.2. The maximum atomic E-state index is 13.6. The number of aliphatic hydroxyl groups excluding tert-OH is 1. The van der Waals surface area contributed by atoms with Crippen LogP contribution in [0.2, 0.25) is 0 Å². The molecule has 1 aromatic heterocycles. The predicted molar refractivity (Wildman–Crippen MR) is 59.9 cm³/mol. The van der Waals surface area contributed by atoms with Crippen LogP contribution in [0.15, 0.2) is 24.3 Å². The van der Waals surface area contributed by atoms with E-state index in [1.165, 1.54) is 17.7 Å². The molecule has 2 aromatic rings. The van der Waals surface area contributed by atoms with E-state index >= 15 is 0 Å². The van der Waals surface area contributed by atoms with Gasteiger partial charge in [0, 0.05) is 12.4 Å². The van der Waals surface area contributed by atoms with Crippen molar-refractivity contribution in [3.05, 3.63) is 35.8 Å². The van der Waals surface area contributed by atoms with Gasteiger partial charge in [0.2, 0.25) is 0 Å². The number of ether oxygens (including phenoxy) is 1. The summed E-state index contributed by atoms with van der Waals surface area (Å²) in [4.78, 5) is 11.2. The van der Waals surface area contributed by atoms with Crippen molar-refractivity contribution in [1.29, 1.82) is 0 Å². The lowest BCUT2D eigenvalue weighted by Gasteiger charge is -2.09. The molecule has 1 atom stereocenters. The largest absolute Gasteiger partial charge is 0.467 e. The van der Waals surface area contributed by atoms with Crippen LogP contribution in [0.5, 0.6) is 0 Å². The van der Waals surface area contributed by atoms with Gasteiger partial charge in [0.05, 0.1) is 18.3 Å². The van der Waals surface area contributed by atoms with Gasteiger partial charge in [-0.15, -0.1) is 0 Å². The summed E-state index contributed by atoms with van der Waals surface area (Å²) in [5.41, 5.74) is 0.655. The van der Waals surface area contributed by atoms with Gasteiger partial charge in [0.1, 0.15) is 5.82 Å². The Balaban J connectivity index is 2.60. The third-order valence-corrected chi connectivity index (χ3v) is 2.75. The van der Waals surface area contributed by atoms with Crippen LogP contribution < -0.4 is 0 Å². The monoisotopic (exact) mass is 237 g/mol. The second-order valence-electron chi connectivity index (χ2n) is 3.73. The Bertz CT molecular complexity index is 576. The molecule has 0 spiro atoms. The molecule has 4 nitrogen and oxygen atoms in total. The van der Waals surface area contributed by atoms with Gasteiger partial charge in [0.25, 0.3) is 0 Å². The lowest BCUT2D eigenvalue weighted by molar-refractivity contribution is -0.151. The summed E-state index contributed by atoms with van der Waals surface area (Å²) in [7, 11) is 2.78. The normalized spacial score (nSPS) is 12.7. The minimum atomic E-state index is -1.41. The Hall–Kier alpha value is -1.88. The fourth-order valence-electron chi connectivity index (χ4n) is 1.88. The molecule has 0 fully saturated rings. The molecule has 5 heteroatoms. The molecule has 0 aliphatic rings. The molecule has 0 aliphatic heterocycles. The number of para-hydroxylation sites is 1. The van der Waals surface area contributed by atoms with E-state index in [1.54, 1.807) is 25.2 Å². The molecule has 0 saturated heterocycles. The molecule has 90 valence electrons. The molecule has 1 N–H and O–H groups in total. The zero-order valence-corrected chi connectivity index (χ0v) is 9.48. The Labute approximate surface area is 97.2 Å². The molecule has 0 radical (unpaired) electrons. The fraction of sp³-hybridized carbons (Fsp3) is 0.250. The summed E-state index contributed by atoms with van der Waals surface area (Å²) >= 11 is 0. The number of aryl methyl sites for hydroxylation is 1. The van der Waals surface area contributed by atoms with E-state index in [0.717, 1.165) is 0 Å². The number of carbonyl (C=O) groups excluding carboxylic acids is 1. The van der Waals surface area contributed by atoms with Crippen LogP contribution in [0, 0.1) is 5.82 Å². The zero-order valence-electron chi connectivity index (χ0n) is 9.48. The van der Waals surface area contributed by atoms with E-state index in [0.29, 0.717) is 16.6 Å². The molecular weight excluding hydrogens is 225 g/mol. The number of esters is 1. The number of hydrogen-bond acceptors (Lipinski definition) is 3. The number of halogens is 1. The summed E-state index contributed by atoms with van der Waals surface area (Å²) < 4.78 is 19.5. The Kier molecular flexibility index (Phi) is 2.85. The fourth-order valence-corrected chi connectivity index (χ4v) is 1.88. The van der Waals surface area contributed by atoms with Crippen molar-refractivity contribution in [2.75, 3.05) is 7.11 Å². The first kappa shape index (κ1) is 11.6. The smallest absolute Gasteiger partial charge is 0.340 e. The number of rotatable bonds is 2. The van der Waals surface area contributed by atoms with Crippen LogP contribution >= 0.6 is 0 Å². The van der Waals surface area contributed by atoms with Crippen molar-refractivity contribution in [3.8, 4) is 0 Å². The average molecular weight is 237 g/mol. The van der Waals surface area contributed by atoms with Gasteiger partial charge in [-0.3, -0.25) is 0 Å². The van der Waals surface area contributed by atoms with Crippen molar-refractivity contribution in [2.24, 2.45) is 7.05 Å². The highest BCUT2D eigenvalue weighted by Crippen LogP contribution is 2.25. The molecule has 1 unspecified atom stereocenters. The first-order valence-corrected chi connectivity index (χ1v) is 5.06. The zero-order chi connectivity index (χ0) is 12.6. The number of aliphatic hydroxyl groups is 1. The third kappa shape index (κ3) is 1.78. The van der Waals surface area contributed by atoms with Crippen molar-refractivity contribution >= 4 is 16.9 Å². The van der Waals surface area contributed by atoms with Gasteiger partial charge in [0.15, 0.2) is 6.10 Å². The number of hydrogen-bond donors (Lipinski definition) is 1. The van der Waals surface area contributed by atoms with Crippen LogP contribution in [-0.4, -0.2) is 22.8 Å². The quantitative estimate of drug-likeness (QED) is 0.806. The number of carbonyl (C=O) groups is 1. The van der Waals surface area contributed by atoms with Gasteiger partial charge in [-0.25, -0.2) is 9.18 Å². The average Bonchev–Trinajstić information content (AvgIpc) is 2.66. The number of methoxy groups -OCH3 is 1. The summed E-state index contributed by atoms with van der Waals surface area (Å²) in [6.07, 6.45) is -1.41. The van der Waals surface area contributed by atoms with E-state index in [4.69, 9.17) is 0 Å². The SMILES string of the molecule is COC(=O)C(O)c1cc2cccc(F)c2n1C. The Morgan fingerprint density at radius 3 is 2.82 bits per heavy atom. The molecule has 0 saturated carbocycles. The standard InChI is InChI=1S/C12H12FNO3/c1-14-9(11(15)12(16)17-2)6-7-4-3-5-8(13)10(7)14/h3-6,11,15H,1-2H3. The molecule has 0 amide bonds. The van der Waals surface area contributed by atoms with Crippen LogP contribution in [0.1, 0.15) is 11.8 Å². The van der Waals surface area contributed by atoms with E-state index in [2.05, 4.69) is 4.74 Å². The molecule has 0 aliphatic carbocycles. The van der Waals surface area contributed by atoms with Gasteiger partial charge < -0.3 is 14.4 Å². The highest BCUT2D eigenvalue weighted by molar-refractivity contribution is 5.85. The Morgan fingerprint density at radius 1 is 1.53 bits per heavy atom. The summed E-state index contributed by atoms with van der Waals surface area (Å²) in [6.45, 7) is 0. The molecule has 17 heavy (non-hydrogen) atoms. The van der Waals surface area contributed by atoms with Crippen LogP contribution in [0.3, 0.4) is 0 Å². The second-order valence-corrected chi connectivity index (χ2v) is 3.73. The number of nitrogens with zero attached hydrogens (tertiary/aromatic N) is 1. The lowest BCUT2D eigenvalue weighted by Crippen LogP contribution is -2.16. The third-order valence-electron chi connectivity index (χ3n) is 2.75. The predicted octanol–water partition coefficient (Wildman–Crippen LogP) is 1.52. The highest BCUT2D eigenvalue weighted by atomic mass is 19.1. The van der Waals surface area contributed by atoms with Crippen LogP contribution in [0.4, 0.5) is 4.39 Å².